The second-order valence-corrected chi connectivity index (χ2v) is 7.15. The molecule has 1 N–H and O–H groups in total. The van der Waals surface area contributed by atoms with Crippen LogP contribution in [-0.2, 0) is 6.18 Å². The molecule has 5 rings (SSSR count). The molecular formula is C22H12F3N9O. The van der Waals surface area contributed by atoms with Crippen LogP contribution in [0.1, 0.15) is 21.6 Å². The normalized spacial score (nSPS) is 11.4. The van der Waals surface area contributed by atoms with Crippen molar-refractivity contribution in [1.29, 1.82) is 5.26 Å². The van der Waals surface area contributed by atoms with Gasteiger partial charge in [0, 0.05) is 17.8 Å². The fourth-order valence-corrected chi connectivity index (χ4v) is 3.57. The molecule has 0 aromatic carbocycles. The first kappa shape index (κ1) is 21.7. The fourth-order valence-electron chi connectivity index (χ4n) is 3.57. The molecule has 0 fully saturated rings. The van der Waals surface area contributed by atoms with Crippen molar-refractivity contribution in [3.8, 4) is 17.6 Å². The van der Waals surface area contributed by atoms with Crippen LogP contribution in [-0.4, -0.2) is 40.4 Å². The molecule has 13 heteroatoms. The summed E-state index contributed by atoms with van der Waals surface area (Å²) >= 11 is 0. The van der Waals surface area contributed by atoms with Gasteiger partial charge in [-0.25, -0.2) is 4.98 Å². The Balaban J connectivity index is 1.54. The first-order valence-electron chi connectivity index (χ1n) is 9.92. The molecule has 5 aromatic heterocycles. The van der Waals surface area contributed by atoms with Crippen LogP contribution in [0.25, 0.3) is 22.4 Å². The minimum atomic E-state index is -4.87. The summed E-state index contributed by atoms with van der Waals surface area (Å²) in [6.07, 6.45) is 4.47. The molecule has 10 nitrogen and oxygen atoms in total. The van der Waals surface area contributed by atoms with Gasteiger partial charge >= 0.3 is 6.18 Å². The summed E-state index contributed by atoms with van der Waals surface area (Å²) in [4.78, 5) is 26.2. The van der Waals surface area contributed by atoms with Gasteiger partial charge in [0.25, 0.3) is 5.91 Å². The number of rotatable bonds is 4. The molecule has 0 spiro atoms. The summed E-state index contributed by atoms with van der Waals surface area (Å²) < 4.78 is 43.3. The number of halogens is 3. The minimum Gasteiger partial charge on any atom is -0.320 e. The minimum absolute atomic E-state index is 0.0157. The van der Waals surface area contributed by atoms with Crippen LogP contribution in [0.2, 0.25) is 0 Å². The first-order valence-corrected chi connectivity index (χ1v) is 9.92. The quantitative estimate of drug-likeness (QED) is 0.421. The third-order valence-electron chi connectivity index (χ3n) is 5.02. The number of nitrogens with zero attached hydrogens (tertiary/aromatic N) is 8. The molecule has 35 heavy (non-hydrogen) atoms. The summed E-state index contributed by atoms with van der Waals surface area (Å²) in [5.74, 6) is -0.923. The molecule has 172 valence electrons. The average molecular weight is 475 g/mol. The summed E-state index contributed by atoms with van der Waals surface area (Å²) in [6, 6.07) is 7.45. The van der Waals surface area contributed by atoms with Crippen LogP contribution in [0.3, 0.4) is 0 Å². The van der Waals surface area contributed by atoms with Crippen molar-refractivity contribution in [3.63, 3.8) is 0 Å². The van der Waals surface area contributed by atoms with E-state index in [0.717, 1.165) is 21.6 Å². The third kappa shape index (κ3) is 3.93. The molecular weight excluding hydrogens is 463 g/mol. The van der Waals surface area contributed by atoms with Gasteiger partial charge in [-0.2, -0.15) is 28.6 Å². The lowest BCUT2D eigenvalue weighted by Crippen LogP contribution is -2.21. The predicted octanol–water partition coefficient (Wildman–Crippen LogP) is 3.54. The number of carbonyl (C=O) groups excluding carboxylic acids is 1. The average Bonchev–Trinajstić information content (AvgIpc) is 3.54. The Labute approximate surface area is 194 Å². The summed E-state index contributed by atoms with van der Waals surface area (Å²) in [5.41, 5.74) is -1.24. The van der Waals surface area contributed by atoms with Crippen molar-refractivity contribution in [1.82, 2.24) is 34.5 Å². The third-order valence-corrected chi connectivity index (χ3v) is 5.02. The van der Waals surface area contributed by atoms with Gasteiger partial charge in [-0.3, -0.25) is 14.8 Å². The van der Waals surface area contributed by atoms with Gasteiger partial charge in [-0.05, 0) is 24.3 Å². The number of fused-ring (bicyclic) bond motifs is 1. The SMILES string of the molecule is N#Cc1cc(NC(=O)c2ccn(-c3cncc4ncccc34)c2C(F)(F)F)cnc1-n1nccn1. The number of nitriles is 1. The molecule has 0 atom stereocenters. The van der Waals surface area contributed by atoms with Crippen molar-refractivity contribution < 1.29 is 18.0 Å². The zero-order valence-corrected chi connectivity index (χ0v) is 17.5. The van der Waals surface area contributed by atoms with Crippen molar-refractivity contribution in [3.05, 3.63) is 84.5 Å². The molecule has 0 aliphatic carbocycles. The number of anilines is 1. The Kier molecular flexibility index (Phi) is 5.17. The van der Waals surface area contributed by atoms with Crippen molar-refractivity contribution >= 4 is 22.5 Å². The zero-order valence-electron chi connectivity index (χ0n) is 17.5. The lowest BCUT2D eigenvalue weighted by atomic mass is 10.2. The number of aromatic nitrogens is 7. The second-order valence-electron chi connectivity index (χ2n) is 7.15. The number of pyridine rings is 3. The van der Waals surface area contributed by atoms with E-state index in [9.17, 15) is 23.2 Å². The van der Waals surface area contributed by atoms with Crippen LogP contribution < -0.4 is 5.32 Å². The standard InChI is InChI=1S/C22H12F3N9O/c23-22(24,25)19-16(3-7-33(19)18-12-27-11-17-15(18)2-1-4-28-17)21(35)32-14-8-13(9-26)20(29-10-14)34-30-5-6-31-34/h1-8,10-12H,(H,32,35). The van der Waals surface area contributed by atoms with E-state index in [-0.39, 0.29) is 22.8 Å². The number of nitrogens with one attached hydrogen (secondary N) is 1. The van der Waals surface area contributed by atoms with Crippen molar-refractivity contribution in [2.24, 2.45) is 0 Å². The van der Waals surface area contributed by atoms with Crippen LogP contribution in [0.15, 0.2) is 67.6 Å². The van der Waals surface area contributed by atoms with E-state index in [1.807, 2.05) is 6.07 Å². The second kappa shape index (κ2) is 8.34. The summed E-state index contributed by atoms with van der Waals surface area (Å²) in [5, 5.41) is 20.0. The van der Waals surface area contributed by atoms with E-state index >= 15 is 0 Å². The fraction of sp³-hybridized carbons (Fsp3) is 0.0455. The van der Waals surface area contributed by atoms with Crippen LogP contribution >= 0.6 is 0 Å². The summed E-state index contributed by atoms with van der Waals surface area (Å²) in [7, 11) is 0. The molecule has 0 bridgehead atoms. The lowest BCUT2D eigenvalue weighted by Gasteiger charge is -2.15. The Morgan fingerprint density at radius 3 is 2.60 bits per heavy atom. The maximum atomic E-state index is 14.1. The molecule has 0 aliphatic rings. The molecule has 0 aliphatic heterocycles. The van der Waals surface area contributed by atoms with E-state index in [2.05, 4.69) is 30.5 Å². The summed E-state index contributed by atoms with van der Waals surface area (Å²) in [6.45, 7) is 0. The van der Waals surface area contributed by atoms with Gasteiger partial charge in [-0.15, -0.1) is 4.80 Å². The van der Waals surface area contributed by atoms with Gasteiger partial charge in [0.05, 0.1) is 53.4 Å². The van der Waals surface area contributed by atoms with Gasteiger partial charge in [0.15, 0.2) is 5.82 Å². The molecule has 5 aromatic rings. The number of hydrogen-bond donors (Lipinski definition) is 1. The maximum absolute atomic E-state index is 14.1. The highest BCUT2D eigenvalue weighted by molar-refractivity contribution is 6.05. The van der Waals surface area contributed by atoms with E-state index in [4.69, 9.17) is 0 Å². The highest BCUT2D eigenvalue weighted by atomic mass is 19.4. The molecule has 0 saturated heterocycles. The Bertz CT molecular complexity index is 1600. The smallest absolute Gasteiger partial charge is 0.320 e. The lowest BCUT2D eigenvalue weighted by molar-refractivity contribution is -0.142. The topological polar surface area (TPSA) is 127 Å². The van der Waals surface area contributed by atoms with E-state index in [1.165, 1.54) is 43.2 Å². The molecule has 5 heterocycles. The first-order chi connectivity index (χ1) is 16.9. The van der Waals surface area contributed by atoms with Gasteiger partial charge in [-0.1, -0.05) is 0 Å². The highest BCUT2D eigenvalue weighted by Gasteiger charge is 2.40. The molecule has 1 amide bonds. The number of carbonyl (C=O) groups is 1. The largest absolute Gasteiger partial charge is 0.432 e. The maximum Gasteiger partial charge on any atom is 0.432 e. The van der Waals surface area contributed by atoms with Gasteiger partial charge < -0.3 is 9.88 Å². The Morgan fingerprint density at radius 1 is 1.06 bits per heavy atom. The van der Waals surface area contributed by atoms with Gasteiger partial charge in [0.2, 0.25) is 0 Å². The molecule has 0 saturated carbocycles. The van der Waals surface area contributed by atoms with Crippen molar-refractivity contribution in [2.45, 2.75) is 6.18 Å². The Morgan fingerprint density at radius 2 is 1.86 bits per heavy atom. The molecule has 0 radical (unpaired) electrons. The predicted molar refractivity (Wildman–Crippen MR) is 116 cm³/mol. The van der Waals surface area contributed by atoms with Crippen LogP contribution in [0, 0.1) is 11.3 Å². The monoisotopic (exact) mass is 475 g/mol. The van der Waals surface area contributed by atoms with Crippen molar-refractivity contribution in [2.75, 3.05) is 5.32 Å². The van der Waals surface area contributed by atoms with E-state index in [1.54, 1.807) is 12.1 Å². The number of hydrogen-bond acceptors (Lipinski definition) is 7. The highest BCUT2D eigenvalue weighted by Crippen LogP contribution is 2.36. The van der Waals surface area contributed by atoms with Crippen LogP contribution in [0.5, 0.6) is 0 Å². The van der Waals surface area contributed by atoms with E-state index in [0.29, 0.717) is 10.9 Å². The van der Waals surface area contributed by atoms with E-state index < -0.39 is 23.3 Å². The number of amides is 1. The Hall–Kier alpha value is -5.12. The van der Waals surface area contributed by atoms with Gasteiger partial charge in [0.1, 0.15) is 17.3 Å². The zero-order chi connectivity index (χ0) is 24.6. The molecule has 0 unspecified atom stereocenters. The number of alkyl halides is 3. The van der Waals surface area contributed by atoms with Crippen LogP contribution in [0.4, 0.5) is 18.9 Å².